The van der Waals surface area contributed by atoms with Crippen LogP contribution in [0.1, 0.15) is 26.0 Å². The molecule has 0 fully saturated rings. The quantitative estimate of drug-likeness (QED) is 0.587. The van der Waals surface area contributed by atoms with E-state index in [0.717, 1.165) is 0 Å². The van der Waals surface area contributed by atoms with Gasteiger partial charge in [-0.05, 0) is 25.3 Å². The third-order valence-corrected chi connectivity index (χ3v) is 2.83. The van der Waals surface area contributed by atoms with Crippen molar-refractivity contribution in [1.82, 2.24) is 4.98 Å². The number of hydrogen-bond acceptors (Lipinski definition) is 5. The van der Waals surface area contributed by atoms with Gasteiger partial charge in [-0.1, -0.05) is 13.8 Å². The maximum atomic E-state index is 11.1. The minimum atomic E-state index is -0.915. The first-order valence-corrected chi connectivity index (χ1v) is 6.40. The Kier molecular flexibility index (Phi) is 5.42. The highest BCUT2D eigenvalue weighted by Crippen LogP contribution is 2.23. The molecule has 0 aliphatic heterocycles. The third kappa shape index (κ3) is 4.49. The van der Waals surface area contributed by atoms with Gasteiger partial charge in [-0.25, -0.2) is 4.98 Å². The number of carboxylic acids is 1. The fourth-order valence-corrected chi connectivity index (χ4v) is 1.89. The van der Waals surface area contributed by atoms with Gasteiger partial charge in [0.2, 0.25) is 5.82 Å². The minimum absolute atomic E-state index is 0.116. The van der Waals surface area contributed by atoms with E-state index in [1.807, 2.05) is 13.8 Å². The molecule has 1 heterocycles. The lowest BCUT2D eigenvalue weighted by Gasteiger charge is -2.15. The zero-order chi connectivity index (χ0) is 15.3. The Morgan fingerprint density at radius 2 is 2.15 bits per heavy atom. The van der Waals surface area contributed by atoms with Crippen LogP contribution >= 0.6 is 0 Å². The van der Waals surface area contributed by atoms with E-state index in [9.17, 15) is 14.9 Å². The van der Waals surface area contributed by atoms with Crippen molar-refractivity contribution in [2.45, 2.75) is 27.2 Å². The van der Waals surface area contributed by atoms with Crippen molar-refractivity contribution in [2.75, 3.05) is 11.9 Å². The van der Waals surface area contributed by atoms with Gasteiger partial charge in [-0.3, -0.25) is 14.9 Å². The van der Waals surface area contributed by atoms with Crippen molar-refractivity contribution in [3.63, 3.8) is 0 Å². The second-order valence-electron chi connectivity index (χ2n) is 5.12. The molecule has 0 aliphatic rings. The normalized spacial score (nSPS) is 12.2. The predicted octanol–water partition coefficient (Wildman–Crippen LogP) is 2.46. The van der Waals surface area contributed by atoms with Crippen LogP contribution in [0.3, 0.4) is 0 Å². The molecule has 0 saturated carbocycles. The van der Waals surface area contributed by atoms with E-state index < -0.39 is 16.8 Å². The van der Waals surface area contributed by atoms with Gasteiger partial charge in [0.25, 0.3) is 0 Å². The molecule has 0 aliphatic carbocycles. The average Bonchev–Trinajstić information content (AvgIpc) is 2.33. The summed E-state index contributed by atoms with van der Waals surface area (Å²) in [4.78, 5) is 25.6. The summed E-state index contributed by atoms with van der Waals surface area (Å²) >= 11 is 0. The van der Waals surface area contributed by atoms with E-state index >= 15 is 0 Å². The fraction of sp³-hybridized carbons (Fsp3) is 0.538. The maximum Gasteiger partial charge on any atom is 0.311 e. The Labute approximate surface area is 117 Å². The summed E-state index contributed by atoms with van der Waals surface area (Å²) < 4.78 is 0. The second kappa shape index (κ2) is 6.83. The fourth-order valence-electron chi connectivity index (χ4n) is 1.89. The van der Waals surface area contributed by atoms with Crippen molar-refractivity contribution in [2.24, 2.45) is 11.8 Å². The first kappa shape index (κ1) is 15.9. The van der Waals surface area contributed by atoms with E-state index in [1.54, 1.807) is 13.0 Å². The summed E-state index contributed by atoms with van der Waals surface area (Å²) in [6.07, 6.45) is 0.502. The number of nitrogens with one attached hydrogen (secondary N) is 1. The first-order chi connectivity index (χ1) is 9.31. The van der Waals surface area contributed by atoms with Crippen molar-refractivity contribution in [3.8, 4) is 0 Å². The number of carboxylic acid groups (broad SMARTS) is 1. The topological polar surface area (TPSA) is 105 Å². The predicted molar refractivity (Wildman–Crippen MR) is 74.7 cm³/mol. The van der Waals surface area contributed by atoms with Gasteiger partial charge in [0.05, 0.1) is 10.8 Å². The van der Waals surface area contributed by atoms with Crippen LogP contribution in [0.2, 0.25) is 0 Å². The van der Waals surface area contributed by atoms with E-state index in [0.29, 0.717) is 12.1 Å². The number of hydrogen-bond donors (Lipinski definition) is 2. The van der Waals surface area contributed by atoms with Crippen LogP contribution in [0.25, 0.3) is 0 Å². The number of aryl methyl sites for hydroxylation is 1. The van der Waals surface area contributed by atoms with Crippen LogP contribution in [0.4, 0.5) is 11.5 Å². The summed E-state index contributed by atoms with van der Waals surface area (Å²) in [5.41, 5.74) is 0.484. The first-order valence-electron chi connectivity index (χ1n) is 6.40. The zero-order valence-corrected chi connectivity index (χ0v) is 11.8. The lowest BCUT2D eigenvalue weighted by Crippen LogP contribution is -2.25. The summed E-state index contributed by atoms with van der Waals surface area (Å²) in [5.74, 6) is -1.17. The van der Waals surface area contributed by atoms with Crippen LogP contribution in [0, 0.1) is 28.9 Å². The molecule has 7 nitrogen and oxygen atoms in total. The smallest absolute Gasteiger partial charge is 0.311 e. The van der Waals surface area contributed by atoms with Crippen LogP contribution < -0.4 is 5.32 Å². The van der Waals surface area contributed by atoms with Gasteiger partial charge in [-0.15, -0.1) is 0 Å². The molecule has 0 saturated heterocycles. The number of pyridine rings is 1. The summed E-state index contributed by atoms with van der Waals surface area (Å²) in [5, 5.41) is 22.8. The molecular formula is C13H19N3O4. The zero-order valence-electron chi connectivity index (χ0n) is 11.8. The third-order valence-electron chi connectivity index (χ3n) is 2.83. The number of nitrogens with zero attached hydrogens (tertiary/aromatic N) is 2. The molecule has 2 N–H and O–H groups in total. The van der Waals surface area contributed by atoms with Gasteiger partial charge in [0.1, 0.15) is 0 Å². The molecule has 1 atom stereocenters. The molecule has 0 aromatic carbocycles. The molecule has 0 spiro atoms. The van der Waals surface area contributed by atoms with Crippen molar-refractivity contribution < 1.29 is 14.8 Å². The van der Waals surface area contributed by atoms with E-state index in [2.05, 4.69) is 10.3 Å². The van der Waals surface area contributed by atoms with Crippen molar-refractivity contribution >= 4 is 17.5 Å². The maximum absolute atomic E-state index is 11.1. The van der Waals surface area contributed by atoms with Gasteiger partial charge >= 0.3 is 11.7 Å². The highest BCUT2D eigenvalue weighted by atomic mass is 16.6. The lowest BCUT2D eigenvalue weighted by molar-refractivity contribution is -0.384. The van der Waals surface area contributed by atoms with E-state index in [4.69, 9.17) is 5.11 Å². The minimum Gasteiger partial charge on any atom is -0.481 e. The lowest BCUT2D eigenvalue weighted by atomic mass is 9.97. The molecule has 0 radical (unpaired) electrons. The van der Waals surface area contributed by atoms with Gasteiger partial charge in [-0.2, -0.15) is 0 Å². The second-order valence-corrected chi connectivity index (χ2v) is 5.12. The van der Waals surface area contributed by atoms with Crippen LogP contribution in [0.15, 0.2) is 12.1 Å². The Morgan fingerprint density at radius 3 is 2.65 bits per heavy atom. The van der Waals surface area contributed by atoms with Gasteiger partial charge < -0.3 is 10.4 Å². The van der Waals surface area contributed by atoms with Gasteiger partial charge in [0.15, 0.2) is 0 Å². The monoisotopic (exact) mass is 281 g/mol. The highest BCUT2D eigenvalue weighted by molar-refractivity contribution is 5.71. The Bertz CT molecular complexity index is 502. The number of aliphatic carboxylic acids is 1. The number of aromatic nitrogens is 1. The number of rotatable bonds is 7. The largest absolute Gasteiger partial charge is 0.481 e. The molecule has 0 bridgehead atoms. The van der Waals surface area contributed by atoms with E-state index in [-0.39, 0.29) is 24.0 Å². The molecule has 1 rings (SSSR count). The van der Waals surface area contributed by atoms with Gasteiger partial charge in [0, 0.05) is 18.3 Å². The number of nitro groups is 1. The summed E-state index contributed by atoms with van der Waals surface area (Å²) in [6.45, 7) is 5.70. The highest BCUT2D eigenvalue weighted by Gasteiger charge is 2.21. The van der Waals surface area contributed by atoms with Crippen LogP contribution in [-0.4, -0.2) is 27.5 Å². The molecule has 0 amide bonds. The van der Waals surface area contributed by atoms with Crippen LogP contribution in [-0.2, 0) is 4.79 Å². The Morgan fingerprint density at radius 1 is 1.50 bits per heavy atom. The number of carbonyl (C=O) groups is 1. The Hall–Kier alpha value is -2.18. The summed E-state index contributed by atoms with van der Waals surface area (Å²) in [7, 11) is 0. The van der Waals surface area contributed by atoms with Crippen molar-refractivity contribution in [1.29, 1.82) is 0 Å². The molecule has 1 aromatic rings. The SMILES string of the molecule is Cc1ccc([N+](=O)[O-])c(NCC(CC(C)C)C(=O)O)n1. The summed E-state index contributed by atoms with van der Waals surface area (Å²) in [6, 6.07) is 2.91. The molecular weight excluding hydrogens is 262 g/mol. The molecule has 1 unspecified atom stereocenters. The molecule has 20 heavy (non-hydrogen) atoms. The molecule has 110 valence electrons. The number of anilines is 1. The standard InChI is InChI=1S/C13H19N3O4/c1-8(2)6-10(13(17)18)7-14-12-11(16(19)20)5-4-9(3)15-12/h4-5,8,10H,6-7H2,1-3H3,(H,14,15)(H,17,18). The molecule has 7 heteroatoms. The van der Waals surface area contributed by atoms with Crippen molar-refractivity contribution in [3.05, 3.63) is 27.9 Å². The van der Waals surface area contributed by atoms with E-state index in [1.165, 1.54) is 6.07 Å². The Balaban J connectivity index is 2.84. The molecule has 1 aromatic heterocycles. The van der Waals surface area contributed by atoms with Crippen LogP contribution in [0.5, 0.6) is 0 Å². The average molecular weight is 281 g/mol.